The topological polar surface area (TPSA) is 61.8 Å². The Balaban J connectivity index is 1.99. The van der Waals surface area contributed by atoms with Gasteiger partial charge in [-0.25, -0.2) is 0 Å². The summed E-state index contributed by atoms with van der Waals surface area (Å²) in [5.41, 5.74) is -0.863. The van der Waals surface area contributed by atoms with Gasteiger partial charge < -0.3 is 9.84 Å². The van der Waals surface area contributed by atoms with Crippen LogP contribution >= 0.6 is 0 Å². The maximum absolute atomic E-state index is 11.7. The van der Waals surface area contributed by atoms with Gasteiger partial charge in [-0.15, -0.1) is 0 Å². The van der Waals surface area contributed by atoms with E-state index >= 15 is 0 Å². The Bertz CT molecular complexity index is 342. The molecule has 0 aromatic carbocycles. The van der Waals surface area contributed by atoms with E-state index in [-0.39, 0.29) is 0 Å². The van der Waals surface area contributed by atoms with E-state index in [4.69, 9.17) is 4.74 Å². The fourth-order valence-electron chi connectivity index (χ4n) is 2.77. The van der Waals surface area contributed by atoms with Crippen LogP contribution in [-0.4, -0.2) is 60.4 Å². The second-order valence-corrected chi connectivity index (χ2v) is 6.60. The molecule has 2 fully saturated rings. The lowest BCUT2D eigenvalue weighted by Crippen LogP contribution is -2.59. The SMILES string of the molecule is COCCN(CC(C)(NC1CC1)C(=O)O)C(C)C1CC1. The maximum atomic E-state index is 11.7. The molecule has 0 saturated heterocycles. The van der Waals surface area contributed by atoms with Crippen molar-refractivity contribution in [3.8, 4) is 0 Å². The van der Waals surface area contributed by atoms with Crippen LogP contribution in [0.5, 0.6) is 0 Å². The maximum Gasteiger partial charge on any atom is 0.324 e. The van der Waals surface area contributed by atoms with E-state index in [0.29, 0.717) is 25.2 Å². The normalized spacial score (nSPS) is 23.6. The number of carboxylic acids is 1. The predicted molar refractivity (Wildman–Crippen MR) is 77.8 cm³/mol. The van der Waals surface area contributed by atoms with Crippen molar-refractivity contribution in [3.63, 3.8) is 0 Å². The molecule has 0 radical (unpaired) electrons. The van der Waals surface area contributed by atoms with E-state index in [1.807, 2.05) is 6.92 Å². The largest absolute Gasteiger partial charge is 0.480 e. The smallest absolute Gasteiger partial charge is 0.324 e. The Labute approximate surface area is 121 Å². The first-order valence-electron chi connectivity index (χ1n) is 7.70. The first kappa shape index (κ1) is 15.7. The van der Waals surface area contributed by atoms with Gasteiger partial charge in [0.15, 0.2) is 0 Å². The van der Waals surface area contributed by atoms with Gasteiger partial charge in [0.2, 0.25) is 0 Å². The summed E-state index contributed by atoms with van der Waals surface area (Å²) in [5.74, 6) is -0.0272. The Hall–Kier alpha value is -0.650. The minimum absolute atomic E-state index is 0.386. The van der Waals surface area contributed by atoms with Crippen LogP contribution in [0.3, 0.4) is 0 Å². The van der Waals surface area contributed by atoms with Crippen LogP contribution in [0.1, 0.15) is 39.5 Å². The van der Waals surface area contributed by atoms with Gasteiger partial charge in [-0.2, -0.15) is 0 Å². The zero-order valence-electron chi connectivity index (χ0n) is 12.9. The summed E-state index contributed by atoms with van der Waals surface area (Å²) in [6.07, 6.45) is 4.73. The average molecular weight is 284 g/mol. The van der Waals surface area contributed by atoms with Gasteiger partial charge in [-0.1, -0.05) is 0 Å². The summed E-state index contributed by atoms with van der Waals surface area (Å²) in [6.45, 7) is 6.01. The summed E-state index contributed by atoms with van der Waals surface area (Å²) in [6, 6.07) is 0.821. The van der Waals surface area contributed by atoms with Crippen LogP contribution in [-0.2, 0) is 9.53 Å². The van der Waals surface area contributed by atoms with E-state index in [2.05, 4.69) is 17.1 Å². The third kappa shape index (κ3) is 4.17. The number of carbonyl (C=O) groups is 1. The van der Waals surface area contributed by atoms with Gasteiger partial charge in [-0.3, -0.25) is 15.0 Å². The van der Waals surface area contributed by atoms with Gasteiger partial charge in [0.05, 0.1) is 6.61 Å². The Morgan fingerprint density at radius 3 is 2.55 bits per heavy atom. The molecule has 0 bridgehead atoms. The number of carboxylic acid groups (broad SMARTS) is 1. The zero-order valence-corrected chi connectivity index (χ0v) is 12.9. The molecule has 5 heteroatoms. The molecule has 0 amide bonds. The van der Waals surface area contributed by atoms with Gasteiger partial charge >= 0.3 is 5.97 Å². The fourth-order valence-corrected chi connectivity index (χ4v) is 2.77. The molecule has 0 aromatic heterocycles. The van der Waals surface area contributed by atoms with Crippen LogP contribution in [0.25, 0.3) is 0 Å². The molecule has 2 atom stereocenters. The zero-order chi connectivity index (χ0) is 14.8. The number of rotatable bonds is 10. The molecule has 0 spiro atoms. The molecule has 5 nitrogen and oxygen atoms in total. The van der Waals surface area contributed by atoms with Crippen molar-refractivity contribution in [3.05, 3.63) is 0 Å². The van der Waals surface area contributed by atoms with Crippen molar-refractivity contribution in [2.45, 2.75) is 57.2 Å². The monoisotopic (exact) mass is 284 g/mol. The summed E-state index contributed by atoms with van der Waals surface area (Å²) in [5, 5.41) is 12.9. The fraction of sp³-hybridized carbons (Fsp3) is 0.933. The summed E-state index contributed by atoms with van der Waals surface area (Å²) in [7, 11) is 1.69. The molecule has 0 heterocycles. The van der Waals surface area contributed by atoms with E-state index in [1.54, 1.807) is 7.11 Å². The van der Waals surface area contributed by atoms with Gasteiger partial charge in [0.1, 0.15) is 5.54 Å². The molecule has 0 aromatic rings. The summed E-state index contributed by atoms with van der Waals surface area (Å²) >= 11 is 0. The predicted octanol–water partition coefficient (Wildman–Crippen LogP) is 1.33. The van der Waals surface area contributed by atoms with E-state index < -0.39 is 11.5 Å². The third-order valence-corrected chi connectivity index (χ3v) is 4.55. The van der Waals surface area contributed by atoms with Crippen LogP contribution < -0.4 is 5.32 Å². The molecule has 2 aliphatic rings. The Morgan fingerprint density at radius 1 is 1.45 bits per heavy atom. The van der Waals surface area contributed by atoms with Gasteiger partial charge in [-0.05, 0) is 45.4 Å². The van der Waals surface area contributed by atoms with E-state index in [0.717, 1.165) is 25.3 Å². The second kappa shape index (κ2) is 6.41. The van der Waals surface area contributed by atoms with Crippen LogP contribution in [0.15, 0.2) is 0 Å². The van der Waals surface area contributed by atoms with E-state index in [9.17, 15) is 9.90 Å². The molecule has 2 N–H and O–H groups in total. The van der Waals surface area contributed by atoms with Gasteiger partial charge in [0, 0.05) is 32.3 Å². The lowest BCUT2D eigenvalue weighted by atomic mass is 9.99. The standard InChI is InChI=1S/C15H28N2O3/c1-11(12-4-5-12)17(8-9-20-3)10-15(2,14(18)19)16-13-6-7-13/h11-13,16H,4-10H2,1-3H3,(H,18,19). The highest BCUT2D eigenvalue weighted by Gasteiger charge is 2.42. The molecule has 2 saturated carbocycles. The number of ether oxygens (including phenoxy) is 1. The molecule has 20 heavy (non-hydrogen) atoms. The average Bonchev–Trinajstić information content (AvgIpc) is 3.25. The molecule has 116 valence electrons. The number of methoxy groups -OCH3 is 1. The van der Waals surface area contributed by atoms with Crippen molar-refractivity contribution in [1.82, 2.24) is 10.2 Å². The van der Waals surface area contributed by atoms with Gasteiger partial charge in [0.25, 0.3) is 0 Å². The molecular formula is C15H28N2O3. The minimum Gasteiger partial charge on any atom is -0.480 e. The first-order valence-corrected chi connectivity index (χ1v) is 7.70. The molecule has 2 unspecified atom stereocenters. The quantitative estimate of drug-likeness (QED) is 0.634. The Morgan fingerprint density at radius 2 is 2.10 bits per heavy atom. The highest BCUT2D eigenvalue weighted by atomic mass is 16.5. The molecule has 2 aliphatic carbocycles. The van der Waals surface area contributed by atoms with Crippen molar-refractivity contribution in [2.75, 3.05) is 26.8 Å². The first-order chi connectivity index (χ1) is 9.46. The molecule has 0 aliphatic heterocycles. The van der Waals surface area contributed by atoms with Crippen molar-refractivity contribution >= 4 is 5.97 Å². The number of nitrogens with zero attached hydrogens (tertiary/aromatic N) is 1. The lowest BCUT2D eigenvalue weighted by Gasteiger charge is -2.37. The van der Waals surface area contributed by atoms with Crippen molar-refractivity contribution < 1.29 is 14.6 Å². The van der Waals surface area contributed by atoms with Crippen molar-refractivity contribution in [2.24, 2.45) is 5.92 Å². The number of aliphatic carboxylic acids is 1. The minimum atomic E-state index is -0.863. The molecule has 2 rings (SSSR count). The number of hydrogen-bond acceptors (Lipinski definition) is 4. The highest BCUT2D eigenvalue weighted by Crippen LogP contribution is 2.35. The van der Waals surface area contributed by atoms with E-state index in [1.165, 1.54) is 12.8 Å². The van der Waals surface area contributed by atoms with Crippen LogP contribution in [0.2, 0.25) is 0 Å². The van der Waals surface area contributed by atoms with Crippen molar-refractivity contribution in [1.29, 1.82) is 0 Å². The van der Waals surface area contributed by atoms with Crippen LogP contribution in [0.4, 0.5) is 0 Å². The number of hydrogen-bond donors (Lipinski definition) is 2. The van der Waals surface area contributed by atoms with Crippen LogP contribution in [0, 0.1) is 5.92 Å². The second-order valence-electron chi connectivity index (χ2n) is 6.60. The summed E-state index contributed by atoms with van der Waals surface area (Å²) in [4.78, 5) is 14.0. The lowest BCUT2D eigenvalue weighted by molar-refractivity contribution is -0.145. The summed E-state index contributed by atoms with van der Waals surface area (Å²) < 4.78 is 5.18. The number of nitrogens with one attached hydrogen (secondary N) is 1. The third-order valence-electron chi connectivity index (χ3n) is 4.55. The molecular weight excluding hydrogens is 256 g/mol. The Kier molecular flexibility index (Phi) is 5.04. The highest BCUT2D eigenvalue weighted by molar-refractivity contribution is 5.78.